The number of nitrogens with zero attached hydrogens (tertiary/aromatic N) is 2. The summed E-state index contributed by atoms with van der Waals surface area (Å²) in [4.78, 5) is 0. The molecule has 1 fully saturated rings. The second-order valence-electron chi connectivity index (χ2n) is 3.18. The number of azo groups is 1. The monoisotopic (exact) mass is 190 g/mol. The van der Waals surface area contributed by atoms with Gasteiger partial charge in [-0.15, -0.1) is 11.6 Å². The van der Waals surface area contributed by atoms with Crippen LogP contribution in [0.3, 0.4) is 0 Å². The van der Waals surface area contributed by atoms with Crippen LogP contribution in [-0.4, -0.2) is 29.0 Å². The van der Waals surface area contributed by atoms with Crippen LogP contribution in [0.25, 0.3) is 0 Å². The van der Waals surface area contributed by atoms with E-state index >= 15 is 0 Å². The summed E-state index contributed by atoms with van der Waals surface area (Å²) in [6, 6.07) is 0.719. The normalized spacial score (nSPS) is 53.9. The highest BCUT2D eigenvalue weighted by atomic mass is 35.5. The number of thioether (sulfide) groups is 1. The number of hydrogen-bond acceptors (Lipinski definition) is 3. The molecular formula is C7H11ClN2S. The molecule has 5 unspecified atom stereocenters. The maximum absolute atomic E-state index is 6.11. The average Bonchev–Trinajstić information content (AvgIpc) is 2.30. The molecule has 2 aliphatic rings. The van der Waals surface area contributed by atoms with Crippen LogP contribution in [0.4, 0.5) is 0 Å². The number of halogens is 1. The van der Waals surface area contributed by atoms with E-state index in [1.165, 1.54) is 0 Å². The fraction of sp³-hybridized carbons (Fsp3) is 1.00. The molecule has 1 heterocycles. The zero-order valence-electron chi connectivity index (χ0n) is 6.57. The minimum absolute atomic E-state index is 0.226. The quantitative estimate of drug-likeness (QED) is 0.582. The van der Waals surface area contributed by atoms with Gasteiger partial charge in [-0.05, 0) is 13.2 Å². The predicted octanol–water partition coefficient (Wildman–Crippen LogP) is 2.18. The third-order valence-electron chi connectivity index (χ3n) is 2.63. The lowest BCUT2D eigenvalue weighted by molar-refractivity contribution is 0.288. The molecule has 5 atom stereocenters. The highest BCUT2D eigenvalue weighted by Crippen LogP contribution is 2.48. The number of alkyl halides is 1. The summed E-state index contributed by atoms with van der Waals surface area (Å²) < 4.78 is 0. The van der Waals surface area contributed by atoms with Gasteiger partial charge in [0.1, 0.15) is 0 Å². The second-order valence-corrected chi connectivity index (χ2v) is 4.70. The van der Waals surface area contributed by atoms with Crippen molar-refractivity contribution in [1.82, 2.24) is 0 Å². The molecule has 2 nitrogen and oxygen atoms in total. The first-order chi connectivity index (χ1) is 5.25. The smallest absolute Gasteiger partial charge is 0.0942 e. The van der Waals surface area contributed by atoms with Crippen molar-refractivity contribution in [1.29, 1.82) is 0 Å². The molecule has 2 rings (SSSR count). The van der Waals surface area contributed by atoms with E-state index in [2.05, 4.69) is 23.4 Å². The molecule has 0 aromatic rings. The van der Waals surface area contributed by atoms with Crippen molar-refractivity contribution in [2.24, 2.45) is 16.1 Å². The molecule has 0 N–H and O–H groups in total. The zero-order chi connectivity index (χ0) is 8.01. The molecule has 0 bridgehead atoms. The van der Waals surface area contributed by atoms with Gasteiger partial charge in [0.2, 0.25) is 0 Å². The van der Waals surface area contributed by atoms with Gasteiger partial charge in [0, 0.05) is 11.2 Å². The van der Waals surface area contributed by atoms with Crippen molar-refractivity contribution in [3.05, 3.63) is 0 Å². The largest absolute Gasteiger partial charge is 0.190 e. The Morgan fingerprint density at radius 2 is 2.09 bits per heavy atom. The third-order valence-corrected chi connectivity index (χ3v) is 4.46. The molecule has 62 valence electrons. The lowest BCUT2D eigenvalue weighted by Crippen LogP contribution is -2.55. The molecule has 1 aliphatic carbocycles. The van der Waals surface area contributed by atoms with Gasteiger partial charge in [0.25, 0.3) is 0 Å². The Bertz CT molecular complexity index is 197. The summed E-state index contributed by atoms with van der Waals surface area (Å²) in [5.74, 6) is 0.618. The first-order valence-electron chi connectivity index (χ1n) is 3.82. The van der Waals surface area contributed by atoms with Crippen LogP contribution in [0.2, 0.25) is 0 Å². The minimum atomic E-state index is 0.226. The van der Waals surface area contributed by atoms with Gasteiger partial charge >= 0.3 is 0 Å². The van der Waals surface area contributed by atoms with E-state index in [0.717, 1.165) is 0 Å². The highest BCUT2D eigenvalue weighted by Gasteiger charge is 2.54. The predicted molar refractivity (Wildman–Crippen MR) is 48.5 cm³/mol. The maximum Gasteiger partial charge on any atom is 0.0942 e. The van der Waals surface area contributed by atoms with Gasteiger partial charge in [-0.3, -0.25) is 0 Å². The maximum atomic E-state index is 6.11. The molecular weight excluding hydrogens is 180 g/mol. The van der Waals surface area contributed by atoms with Gasteiger partial charge in [0.15, 0.2) is 0 Å². The minimum Gasteiger partial charge on any atom is -0.190 e. The van der Waals surface area contributed by atoms with Gasteiger partial charge in [-0.1, -0.05) is 0 Å². The zero-order valence-corrected chi connectivity index (χ0v) is 8.14. The van der Waals surface area contributed by atoms with Gasteiger partial charge in [-0.25, -0.2) is 0 Å². The van der Waals surface area contributed by atoms with E-state index in [9.17, 15) is 0 Å². The van der Waals surface area contributed by atoms with Crippen LogP contribution >= 0.6 is 23.4 Å². The fourth-order valence-electron chi connectivity index (χ4n) is 1.91. The molecule has 0 aromatic carbocycles. The molecule has 1 aliphatic heterocycles. The highest BCUT2D eigenvalue weighted by molar-refractivity contribution is 7.99. The van der Waals surface area contributed by atoms with Crippen LogP contribution in [0.15, 0.2) is 10.2 Å². The Hall–Kier alpha value is 0.240. The molecule has 0 amide bonds. The molecule has 0 radical (unpaired) electrons. The SMILES string of the molecule is CSC1C(Cl)C2N=NC(C)C21. The van der Waals surface area contributed by atoms with Gasteiger partial charge in [0.05, 0.1) is 17.5 Å². The van der Waals surface area contributed by atoms with Gasteiger partial charge in [-0.2, -0.15) is 22.0 Å². The van der Waals surface area contributed by atoms with Crippen LogP contribution in [-0.2, 0) is 0 Å². The molecule has 0 spiro atoms. The third kappa shape index (κ3) is 0.937. The van der Waals surface area contributed by atoms with E-state index < -0.39 is 0 Å². The van der Waals surface area contributed by atoms with Crippen LogP contribution in [0.5, 0.6) is 0 Å². The van der Waals surface area contributed by atoms with Crippen molar-refractivity contribution >= 4 is 23.4 Å². The fourth-order valence-corrected chi connectivity index (χ4v) is 3.73. The van der Waals surface area contributed by atoms with Crippen LogP contribution in [0, 0.1) is 5.92 Å². The van der Waals surface area contributed by atoms with Crippen molar-refractivity contribution in [3.63, 3.8) is 0 Å². The van der Waals surface area contributed by atoms with Crippen molar-refractivity contribution < 1.29 is 0 Å². The average molecular weight is 191 g/mol. The summed E-state index contributed by atoms with van der Waals surface area (Å²) in [5.41, 5.74) is 0. The summed E-state index contributed by atoms with van der Waals surface area (Å²) in [6.07, 6.45) is 2.11. The summed E-state index contributed by atoms with van der Waals surface area (Å²) >= 11 is 7.95. The van der Waals surface area contributed by atoms with E-state index in [0.29, 0.717) is 23.3 Å². The molecule has 0 saturated heterocycles. The van der Waals surface area contributed by atoms with Crippen LogP contribution in [0.1, 0.15) is 6.92 Å². The van der Waals surface area contributed by atoms with Crippen LogP contribution < -0.4 is 0 Å². The first kappa shape index (κ1) is 7.87. The topological polar surface area (TPSA) is 24.7 Å². The van der Waals surface area contributed by atoms with E-state index in [1.54, 1.807) is 0 Å². The summed E-state index contributed by atoms with van der Waals surface area (Å²) in [6.45, 7) is 2.13. The number of rotatable bonds is 1. The Balaban J connectivity index is 2.10. The van der Waals surface area contributed by atoms with E-state index in [1.807, 2.05) is 11.8 Å². The van der Waals surface area contributed by atoms with Crippen molar-refractivity contribution in [2.75, 3.05) is 6.26 Å². The molecule has 1 saturated carbocycles. The molecule has 11 heavy (non-hydrogen) atoms. The Kier molecular flexibility index (Phi) is 1.88. The Morgan fingerprint density at radius 3 is 2.73 bits per heavy atom. The standard InChI is InChI=1S/C7H11ClN2S/c1-3-4-6(10-9-3)5(8)7(4)11-2/h3-7H,1-2H3. The molecule has 4 heteroatoms. The molecule has 0 aromatic heterocycles. The van der Waals surface area contributed by atoms with Crippen molar-refractivity contribution in [3.8, 4) is 0 Å². The van der Waals surface area contributed by atoms with E-state index in [4.69, 9.17) is 11.6 Å². The second kappa shape index (κ2) is 2.63. The first-order valence-corrected chi connectivity index (χ1v) is 5.55. The lowest BCUT2D eigenvalue weighted by atomic mass is 9.76. The summed E-state index contributed by atoms with van der Waals surface area (Å²) in [5, 5.41) is 9.08. The van der Waals surface area contributed by atoms with E-state index in [-0.39, 0.29) is 5.38 Å². The Morgan fingerprint density at radius 1 is 1.36 bits per heavy atom. The number of fused-ring (bicyclic) bond motifs is 1. The van der Waals surface area contributed by atoms with Gasteiger partial charge < -0.3 is 0 Å². The van der Waals surface area contributed by atoms with Crippen molar-refractivity contribution in [2.45, 2.75) is 29.6 Å². The number of hydrogen-bond donors (Lipinski definition) is 0. The summed E-state index contributed by atoms with van der Waals surface area (Å²) in [7, 11) is 0. The lowest BCUT2D eigenvalue weighted by Gasteiger charge is -2.43. The Labute approximate surface area is 75.8 Å².